The van der Waals surface area contributed by atoms with Gasteiger partial charge < -0.3 is 10.2 Å². The number of hydrogen-bond acceptors (Lipinski definition) is 4. The second-order valence-electron chi connectivity index (χ2n) is 8.93. The van der Waals surface area contributed by atoms with Crippen molar-refractivity contribution in [3.63, 3.8) is 0 Å². The zero-order valence-corrected chi connectivity index (χ0v) is 23.5. The van der Waals surface area contributed by atoms with Crippen LogP contribution in [0.1, 0.15) is 33.3 Å². The molecule has 0 fully saturated rings. The van der Waals surface area contributed by atoms with Crippen LogP contribution in [0.4, 0.5) is 5.69 Å². The van der Waals surface area contributed by atoms with Crippen molar-refractivity contribution in [3.05, 3.63) is 62.5 Å². The van der Waals surface area contributed by atoms with E-state index in [0.717, 1.165) is 20.6 Å². The molecule has 2 aromatic carbocycles. The predicted molar refractivity (Wildman–Crippen MR) is 141 cm³/mol. The molecule has 7 nitrogen and oxygen atoms in total. The highest BCUT2D eigenvalue weighted by molar-refractivity contribution is 9.10. The highest BCUT2D eigenvalue weighted by atomic mass is 79.9. The Morgan fingerprint density at radius 3 is 2.29 bits per heavy atom. The lowest BCUT2D eigenvalue weighted by atomic mass is 10.1. The first kappa shape index (κ1) is 28.4. The van der Waals surface area contributed by atoms with Gasteiger partial charge in [0.2, 0.25) is 21.8 Å². The summed E-state index contributed by atoms with van der Waals surface area (Å²) >= 11 is 15.6. The van der Waals surface area contributed by atoms with E-state index in [9.17, 15) is 18.0 Å². The number of hydrogen-bond donors (Lipinski definition) is 1. The van der Waals surface area contributed by atoms with Crippen LogP contribution in [-0.4, -0.2) is 49.5 Å². The first-order valence-corrected chi connectivity index (χ1v) is 13.8. The van der Waals surface area contributed by atoms with Crippen molar-refractivity contribution in [2.75, 3.05) is 17.1 Å². The molecule has 1 N–H and O–H groups in total. The number of rotatable bonds is 8. The largest absolute Gasteiger partial charge is 0.350 e. The molecule has 0 heterocycles. The standard InChI is InChI=1S/C23H28BrCl2N3O4S/c1-15(22(31)27-23(2,3)4)28(13-16-7-6-8-17(24)11-16)21(30)14-29(34(5,32)33)20-10-9-18(25)12-19(20)26/h6-12,15H,13-14H2,1-5H3,(H,27,31)/t15-/m0/s1. The number of carbonyl (C=O) groups excluding carboxylic acids is 2. The van der Waals surface area contributed by atoms with Crippen LogP contribution >= 0.6 is 39.1 Å². The molecule has 34 heavy (non-hydrogen) atoms. The van der Waals surface area contributed by atoms with Crippen molar-refractivity contribution >= 4 is 66.7 Å². The van der Waals surface area contributed by atoms with Gasteiger partial charge in [-0.2, -0.15) is 0 Å². The summed E-state index contributed by atoms with van der Waals surface area (Å²) in [5, 5.41) is 3.29. The van der Waals surface area contributed by atoms with Gasteiger partial charge >= 0.3 is 0 Å². The van der Waals surface area contributed by atoms with Gasteiger partial charge in [0.15, 0.2) is 0 Å². The molecule has 0 aromatic heterocycles. The zero-order valence-electron chi connectivity index (χ0n) is 19.6. The van der Waals surface area contributed by atoms with Gasteiger partial charge in [-0.25, -0.2) is 8.42 Å². The Morgan fingerprint density at radius 2 is 1.76 bits per heavy atom. The van der Waals surface area contributed by atoms with E-state index in [-0.39, 0.29) is 23.2 Å². The summed E-state index contributed by atoms with van der Waals surface area (Å²) < 4.78 is 26.9. The molecule has 0 radical (unpaired) electrons. The van der Waals surface area contributed by atoms with Crippen LogP contribution in [0.3, 0.4) is 0 Å². The minimum Gasteiger partial charge on any atom is -0.350 e. The Morgan fingerprint density at radius 1 is 1.12 bits per heavy atom. The van der Waals surface area contributed by atoms with Crippen LogP contribution in [0, 0.1) is 0 Å². The molecule has 0 aliphatic heterocycles. The van der Waals surface area contributed by atoms with Crippen molar-refractivity contribution < 1.29 is 18.0 Å². The molecule has 0 bridgehead atoms. The number of nitrogens with zero attached hydrogens (tertiary/aromatic N) is 2. The SMILES string of the molecule is C[C@@H](C(=O)NC(C)(C)C)N(Cc1cccc(Br)c1)C(=O)CN(c1ccc(Cl)cc1Cl)S(C)(=O)=O. The van der Waals surface area contributed by atoms with Gasteiger partial charge in [-0.15, -0.1) is 0 Å². The van der Waals surface area contributed by atoms with E-state index >= 15 is 0 Å². The maximum absolute atomic E-state index is 13.5. The summed E-state index contributed by atoms with van der Waals surface area (Å²) in [6.45, 7) is 6.69. The second-order valence-corrected chi connectivity index (χ2v) is 12.6. The third-order valence-electron chi connectivity index (χ3n) is 4.77. The maximum Gasteiger partial charge on any atom is 0.244 e. The predicted octanol–water partition coefficient (Wildman–Crippen LogP) is 4.85. The topological polar surface area (TPSA) is 86.8 Å². The van der Waals surface area contributed by atoms with E-state index in [2.05, 4.69) is 21.2 Å². The van der Waals surface area contributed by atoms with Crippen LogP contribution in [-0.2, 0) is 26.2 Å². The Hall–Kier alpha value is -1.81. The molecule has 0 saturated carbocycles. The highest BCUT2D eigenvalue weighted by Crippen LogP contribution is 2.30. The van der Waals surface area contributed by atoms with Gasteiger partial charge in [-0.3, -0.25) is 13.9 Å². The van der Waals surface area contributed by atoms with Crippen LogP contribution in [0.2, 0.25) is 10.0 Å². The summed E-state index contributed by atoms with van der Waals surface area (Å²) in [4.78, 5) is 27.8. The fraction of sp³-hybridized carbons (Fsp3) is 0.391. The number of sulfonamides is 1. The summed E-state index contributed by atoms with van der Waals surface area (Å²) in [5.41, 5.74) is 0.385. The van der Waals surface area contributed by atoms with E-state index in [1.54, 1.807) is 6.92 Å². The average Bonchev–Trinajstić information content (AvgIpc) is 2.68. The molecule has 11 heteroatoms. The fourth-order valence-electron chi connectivity index (χ4n) is 3.17. The molecule has 0 aliphatic rings. The third kappa shape index (κ3) is 8.15. The van der Waals surface area contributed by atoms with Gasteiger partial charge in [0.05, 0.1) is 17.0 Å². The number of benzene rings is 2. The lowest BCUT2D eigenvalue weighted by Crippen LogP contribution is -2.54. The molecule has 1 atom stereocenters. The molecule has 2 rings (SSSR count). The van der Waals surface area contributed by atoms with E-state index in [1.165, 1.54) is 23.1 Å². The van der Waals surface area contributed by atoms with Gasteiger partial charge in [0.25, 0.3) is 0 Å². The van der Waals surface area contributed by atoms with Gasteiger partial charge in [-0.05, 0) is 63.6 Å². The maximum atomic E-state index is 13.5. The van der Waals surface area contributed by atoms with Crippen LogP contribution in [0.25, 0.3) is 0 Å². The number of anilines is 1. The minimum absolute atomic E-state index is 0.0859. The monoisotopic (exact) mass is 591 g/mol. The van der Waals surface area contributed by atoms with Crippen molar-refractivity contribution in [2.45, 2.75) is 45.8 Å². The summed E-state index contributed by atoms with van der Waals surface area (Å²) in [7, 11) is -3.89. The second kappa shape index (κ2) is 11.3. The van der Waals surface area contributed by atoms with Crippen LogP contribution in [0.15, 0.2) is 46.9 Å². The molecule has 0 aliphatic carbocycles. The van der Waals surface area contributed by atoms with E-state index in [0.29, 0.717) is 5.02 Å². The quantitative estimate of drug-likeness (QED) is 0.474. The van der Waals surface area contributed by atoms with Gasteiger partial charge in [-0.1, -0.05) is 51.3 Å². The molecular weight excluding hydrogens is 565 g/mol. The van der Waals surface area contributed by atoms with Gasteiger partial charge in [0, 0.05) is 21.6 Å². The third-order valence-corrected chi connectivity index (χ3v) is 6.92. The molecule has 0 unspecified atom stereocenters. The van der Waals surface area contributed by atoms with E-state index < -0.39 is 34.1 Å². The van der Waals surface area contributed by atoms with Crippen molar-refractivity contribution in [1.82, 2.24) is 10.2 Å². The Kier molecular flexibility index (Phi) is 9.44. The fourth-order valence-corrected chi connectivity index (χ4v) is 5.04. The molecule has 186 valence electrons. The number of nitrogens with one attached hydrogen (secondary N) is 1. The lowest BCUT2D eigenvalue weighted by Gasteiger charge is -2.33. The molecule has 0 spiro atoms. The van der Waals surface area contributed by atoms with E-state index in [1.807, 2.05) is 45.0 Å². The minimum atomic E-state index is -3.89. The lowest BCUT2D eigenvalue weighted by molar-refractivity contribution is -0.140. The number of amides is 2. The first-order chi connectivity index (χ1) is 15.6. The number of halogens is 3. The van der Waals surface area contributed by atoms with Crippen LogP contribution < -0.4 is 9.62 Å². The summed E-state index contributed by atoms with van der Waals surface area (Å²) in [6, 6.07) is 10.8. The molecule has 2 aromatic rings. The van der Waals surface area contributed by atoms with E-state index in [4.69, 9.17) is 23.2 Å². The summed E-state index contributed by atoms with van der Waals surface area (Å²) in [6.07, 6.45) is 0.986. The summed E-state index contributed by atoms with van der Waals surface area (Å²) in [5.74, 6) is -0.917. The van der Waals surface area contributed by atoms with Crippen molar-refractivity contribution in [2.24, 2.45) is 0 Å². The highest BCUT2D eigenvalue weighted by Gasteiger charge is 2.32. The Labute approximate surface area is 219 Å². The molecule has 0 saturated heterocycles. The molecule has 2 amide bonds. The Bertz CT molecular complexity index is 1170. The molecular formula is C23H28BrCl2N3O4S. The van der Waals surface area contributed by atoms with Crippen molar-refractivity contribution in [3.8, 4) is 0 Å². The van der Waals surface area contributed by atoms with Crippen LogP contribution in [0.5, 0.6) is 0 Å². The zero-order chi connectivity index (χ0) is 25.8. The smallest absolute Gasteiger partial charge is 0.244 e. The van der Waals surface area contributed by atoms with Crippen molar-refractivity contribution in [1.29, 1.82) is 0 Å². The average molecular weight is 593 g/mol. The van der Waals surface area contributed by atoms with Gasteiger partial charge in [0.1, 0.15) is 12.6 Å². The number of carbonyl (C=O) groups is 2. The first-order valence-electron chi connectivity index (χ1n) is 10.4. The Balaban J connectivity index is 2.44. The normalized spacial score (nSPS) is 12.7.